The van der Waals surface area contributed by atoms with E-state index in [1.165, 1.54) is 11.1 Å². The Kier molecular flexibility index (Phi) is 7.91. The molecule has 1 saturated heterocycles. The van der Waals surface area contributed by atoms with Gasteiger partial charge in [-0.2, -0.15) is 0 Å². The first kappa shape index (κ1) is 21.5. The molecule has 3 N–H and O–H groups in total. The summed E-state index contributed by atoms with van der Waals surface area (Å²) in [6, 6.07) is 16.2. The number of benzene rings is 2. The highest BCUT2D eigenvalue weighted by molar-refractivity contribution is 14.0. The lowest BCUT2D eigenvalue weighted by atomic mass is 9.72. The van der Waals surface area contributed by atoms with Gasteiger partial charge < -0.3 is 20.5 Å². The van der Waals surface area contributed by atoms with Crippen LogP contribution in [0, 0.1) is 6.92 Å². The lowest BCUT2D eigenvalue weighted by Gasteiger charge is -2.37. The van der Waals surface area contributed by atoms with E-state index in [9.17, 15) is 0 Å². The highest BCUT2D eigenvalue weighted by Crippen LogP contribution is 2.37. The minimum absolute atomic E-state index is 0. The average Bonchev–Trinajstić information content (AvgIpc) is 2.67. The molecular weight excluding hydrogens is 453 g/mol. The Hall–Kier alpha value is -1.80. The number of aliphatic imine (C=N–C) groups is 1. The molecule has 146 valence electrons. The Balaban J connectivity index is 0.00000261. The van der Waals surface area contributed by atoms with Gasteiger partial charge >= 0.3 is 0 Å². The third-order valence-corrected chi connectivity index (χ3v) is 5.06. The second-order valence-corrected chi connectivity index (χ2v) is 6.77. The van der Waals surface area contributed by atoms with E-state index in [0.717, 1.165) is 37.5 Å². The maximum absolute atomic E-state index is 6.16. The summed E-state index contributed by atoms with van der Waals surface area (Å²) in [5.41, 5.74) is 9.64. The molecular formula is C21H28IN3O2. The third-order valence-electron chi connectivity index (χ3n) is 5.06. The van der Waals surface area contributed by atoms with Gasteiger partial charge in [0.05, 0.1) is 13.7 Å². The summed E-state index contributed by atoms with van der Waals surface area (Å²) in [5, 5.41) is 3.16. The van der Waals surface area contributed by atoms with Crippen LogP contribution in [0.5, 0.6) is 5.75 Å². The number of guanidine groups is 1. The Bertz CT molecular complexity index is 774. The molecule has 0 spiro atoms. The van der Waals surface area contributed by atoms with E-state index >= 15 is 0 Å². The van der Waals surface area contributed by atoms with E-state index in [2.05, 4.69) is 41.5 Å². The summed E-state index contributed by atoms with van der Waals surface area (Å²) < 4.78 is 10.8. The number of hydrogen-bond donors (Lipinski definition) is 2. The number of rotatable bonds is 5. The van der Waals surface area contributed by atoms with Crippen LogP contribution in [-0.2, 0) is 10.2 Å². The largest absolute Gasteiger partial charge is 0.497 e. The standard InChI is InChI=1S/C21H27N3O2.HI/c1-16-6-3-4-9-19(16)21(10-12-26-13-11-21)15-23-20(22)24-17-7-5-8-18(14-17)25-2;/h3-9,14H,10-13,15H2,1-2H3,(H3,22,23,24);1H. The topological polar surface area (TPSA) is 68.9 Å². The maximum atomic E-state index is 6.16. The van der Waals surface area contributed by atoms with Gasteiger partial charge in [0, 0.05) is 30.4 Å². The molecule has 0 aliphatic carbocycles. The molecule has 5 nitrogen and oxygen atoms in total. The predicted molar refractivity (Wildman–Crippen MR) is 121 cm³/mol. The molecule has 0 amide bonds. The van der Waals surface area contributed by atoms with Gasteiger partial charge in [0.2, 0.25) is 0 Å². The van der Waals surface area contributed by atoms with Crippen LogP contribution < -0.4 is 15.8 Å². The van der Waals surface area contributed by atoms with Gasteiger partial charge in [-0.3, -0.25) is 4.99 Å². The fourth-order valence-corrected chi connectivity index (χ4v) is 3.57. The smallest absolute Gasteiger partial charge is 0.193 e. The minimum Gasteiger partial charge on any atom is -0.497 e. The maximum Gasteiger partial charge on any atom is 0.193 e. The summed E-state index contributed by atoms with van der Waals surface area (Å²) in [5.74, 6) is 1.20. The van der Waals surface area contributed by atoms with E-state index in [1.807, 2.05) is 24.3 Å². The van der Waals surface area contributed by atoms with E-state index in [0.29, 0.717) is 12.5 Å². The number of nitrogens with zero attached hydrogens (tertiary/aromatic N) is 1. The molecule has 1 fully saturated rings. The number of halogens is 1. The molecule has 0 saturated carbocycles. The molecule has 0 atom stereocenters. The lowest BCUT2D eigenvalue weighted by molar-refractivity contribution is 0.0529. The SMILES string of the molecule is COc1cccc(NC(N)=NCC2(c3ccccc3C)CCOCC2)c1.I. The molecule has 1 heterocycles. The zero-order valence-electron chi connectivity index (χ0n) is 15.9. The monoisotopic (exact) mass is 481 g/mol. The number of methoxy groups -OCH3 is 1. The van der Waals surface area contributed by atoms with Gasteiger partial charge in [-0.1, -0.05) is 30.3 Å². The minimum atomic E-state index is -0.0235. The Morgan fingerprint density at radius 3 is 2.63 bits per heavy atom. The van der Waals surface area contributed by atoms with E-state index in [-0.39, 0.29) is 29.4 Å². The molecule has 0 radical (unpaired) electrons. The van der Waals surface area contributed by atoms with Crippen molar-refractivity contribution in [1.82, 2.24) is 0 Å². The van der Waals surface area contributed by atoms with Crippen LogP contribution in [0.3, 0.4) is 0 Å². The molecule has 6 heteroatoms. The number of nitrogens with one attached hydrogen (secondary N) is 1. The zero-order valence-corrected chi connectivity index (χ0v) is 18.2. The van der Waals surface area contributed by atoms with E-state index in [4.69, 9.17) is 15.2 Å². The van der Waals surface area contributed by atoms with Gasteiger partial charge in [-0.05, 0) is 43.0 Å². The average molecular weight is 481 g/mol. The van der Waals surface area contributed by atoms with Gasteiger partial charge in [-0.15, -0.1) is 24.0 Å². The normalized spacial score (nSPS) is 16.3. The first-order valence-corrected chi connectivity index (χ1v) is 8.98. The second kappa shape index (κ2) is 9.94. The fourth-order valence-electron chi connectivity index (χ4n) is 3.57. The number of aryl methyl sites for hydroxylation is 1. The number of hydrogen-bond acceptors (Lipinski definition) is 3. The van der Waals surface area contributed by atoms with Crippen LogP contribution >= 0.6 is 24.0 Å². The molecule has 2 aromatic carbocycles. The number of ether oxygens (including phenoxy) is 2. The van der Waals surface area contributed by atoms with Crippen molar-refractivity contribution < 1.29 is 9.47 Å². The van der Waals surface area contributed by atoms with Crippen molar-refractivity contribution in [1.29, 1.82) is 0 Å². The zero-order chi connectivity index (χ0) is 18.4. The molecule has 2 aromatic rings. The van der Waals surface area contributed by atoms with Gasteiger partial charge in [-0.25, -0.2) is 0 Å². The Morgan fingerprint density at radius 2 is 1.93 bits per heavy atom. The quantitative estimate of drug-likeness (QED) is 0.384. The summed E-state index contributed by atoms with van der Waals surface area (Å²) >= 11 is 0. The first-order valence-electron chi connectivity index (χ1n) is 8.98. The Labute approximate surface area is 178 Å². The predicted octanol–water partition coefficient (Wildman–Crippen LogP) is 4.10. The van der Waals surface area contributed by atoms with E-state index < -0.39 is 0 Å². The van der Waals surface area contributed by atoms with Crippen LogP contribution in [-0.4, -0.2) is 32.8 Å². The molecule has 0 bridgehead atoms. The van der Waals surface area contributed by atoms with Crippen molar-refractivity contribution in [2.24, 2.45) is 10.7 Å². The van der Waals surface area contributed by atoms with Gasteiger partial charge in [0.1, 0.15) is 5.75 Å². The van der Waals surface area contributed by atoms with Gasteiger partial charge in [0.15, 0.2) is 5.96 Å². The first-order chi connectivity index (χ1) is 12.6. The summed E-state index contributed by atoms with van der Waals surface area (Å²) in [6.45, 7) is 4.32. The van der Waals surface area contributed by atoms with Crippen molar-refractivity contribution >= 4 is 35.6 Å². The van der Waals surface area contributed by atoms with Crippen molar-refractivity contribution in [3.8, 4) is 5.75 Å². The third kappa shape index (κ3) is 5.35. The summed E-state index contributed by atoms with van der Waals surface area (Å²) in [6.07, 6.45) is 1.90. The Morgan fingerprint density at radius 1 is 1.19 bits per heavy atom. The second-order valence-electron chi connectivity index (χ2n) is 6.77. The highest BCUT2D eigenvalue weighted by Gasteiger charge is 2.35. The van der Waals surface area contributed by atoms with Crippen LogP contribution in [0.1, 0.15) is 24.0 Å². The van der Waals surface area contributed by atoms with Gasteiger partial charge in [0.25, 0.3) is 0 Å². The molecule has 0 unspecified atom stereocenters. The molecule has 1 aliphatic rings. The van der Waals surface area contributed by atoms with Crippen molar-refractivity contribution in [3.05, 3.63) is 59.7 Å². The molecule has 1 aliphatic heterocycles. The molecule has 27 heavy (non-hydrogen) atoms. The molecule has 0 aromatic heterocycles. The number of nitrogens with two attached hydrogens (primary N) is 1. The van der Waals surface area contributed by atoms with Crippen molar-refractivity contribution in [3.63, 3.8) is 0 Å². The summed E-state index contributed by atoms with van der Waals surface area (Å²) in [7, 11) is 1.65. The van der Waals surface area contributed by atoms with Crippen molar-refractivity contribution in [2.75, 3.05) is 32.2 Å². The number of anilines is 1. The highest BCUT2D eigenvalue weighted by atomic mass is 127. The molecule has 3 rings (SSSR count). The van der Waals surface area contributed by atoms with Crippen molar-refractivity contribution in [2.45, 2.75) is 25.2 Å². The lowest BCUT2D eigenvalue weighted by Crippen LogP contribution is -2.38. The van der Waals surface area contributed by atoms with E-state index in [1.54, 1.807) is 7.11 Å². The van der Waals surface area contributed by atoms with Crippen LogP contribution in [0.15, 0.2) is 53.5 Å². The fraction of sp³-hybridized carbons (Fsp3) is 0.381. The van der Waals surface area contributed by atoms with Crippen LogP contribution in [0.25, 0.3) is 0 Å². The van der Waals surface area contributed by atoms with Crippen LogP contribution in [0.4, 0.5) is 5.69 Å². The summed E-state index contributed by atoms with van der Waals surface area (Å²) in [4.78, 5) is 4.68. The van der Waals surface area contributed by atoms with Crippen LogP contribution in [0.2, 0.25) is 0 Å².